The van der Waals surface area contributed by atoms with Crippen molar-refractivity contribution in [3.05, 3.63) is 162 Å². The van der Waals surface area contributed by atoms with Crippen molar-refractivity contribution < 1.29 is 44.1 Å². The third-order valence-corrected chi connectivity index (χ3v) is 10.2. The summed E-state index contributed by atoms with van der Waals surface area (Å²) in [5.41, 5.74) is -7.31. The number of carbonyl (C=O) groups excluding carboxylic acids is 3. The maximum absolute atomic E-state index is 15.2. The second kappa shape index (κ2) is 14.8. The van der Waals surface area contributed by atoms with Crippen molar-refractivity contribution >= 4 is 29.4 Å². The van der Waals surface area contributed by atoms with E-state index in [2.05, 4.69) is 10.5 Å². The van der Waals surface area contributed by atoms with Crippen LogP contribution in [0.1, 0.15) is 63.0 Å². The number of imidazole rings is 1. The number of hydroxylamine groups is 1. The monoisotopic (exact) mass is 715 g/mol. The highest BCUT2D eigenvalue weighted by Crippen LogP contribution is 2.50. The lowest BCUT2D eigenvalue weighted by Crippen LogP contribution is -2.74. The number of rotatable bonds is 14. The van der Waals surface area contributed by atoms with Gasteiger partial charge in [0.05, 0.1) is 0 Å². The van der Waals surface area contributed by atoms with Gasteiger partial charge in [-0.25, -0.2) is 24.9 Å². The van der Waals surface area contributed by atoms with Crippen LogP contribution in [-0.2, 0) is 24.6 Å². The number of carboxylic acid groups (broad SMARTS) is 2. The van der Waals surface area contributed by atoms with Gasteiger partial charge >= 0.3 is 17.5 Å². The first-order chi connectivity index (χ1) is 25.5. The summed E-state index contributed by atoms with van der Waals surface area (Å²) in [6.45, 7) is 1.88. The van der Waals surface area contributed by atoms with Gasteiger partial charge in [-0.1, -0.05) is 121 Å². The van der Waals surface area contributed by atoms with Gasteiger partial charge in [0.15, 0.2) is 0 Å². The third kappa shape index (κ3) is 6.11. The van der Waals surface area contributed by atoms with E-state index in [1.807, 2.05) is 17.7 Å². The Labute approximate surface area is 304 Å². The molecule has 12 nitrogen and oxygen atoms in total. The molecular formula is C41H37N3O9. The van der Waals surface area contributed by atoms with Crippen molar-refractivity contribution in [2.24, 2.45) is 5.92 Å². The fraction of sp³-hybridized carbons (Fsp3) is 0.220. The molecule has 0 radical (unpaired) electrons. The average Bonchev–Trinajstić information content (AvgIpc) is 3.85. The molecule has 0 saturated heterocycles. The maximum atomic E-state index is 15.2. The summed E-state index contributed by atoms with van der Waals surface area (Å²) in [4.78, 5) is 80.3. The zero-order valence-corrected chi connectivity index (χ0v) is 28.7. The van der Waals surface area contributed by atoms with Gasteiger partial charge in [0.25, 0.3) is 11.5 Å². The first kappa shape index (κ1) is 36.5. The van der Waals surface area contributed by atoms with Crippen LogP contribution in [0.2, 0.25) is 0 Å². The summed E-state index contributed by atoms with van der Waals surface area (Å²) in [5, 5.41) is 33.5. The van der Waals surface area contributed by atoms with Crippen molar-refractivity contribution in [2.45, 2.75) is 48.8 Å². The number of aromatic nitrogens is 2. The van der Waals surface area contributed by atoms with Crippen molar-refractivity contribution in [1.82, 2.24) is 15.0 Å². The number of amides is 1. The molecule has 270 valence electrons. The number of carboxylic acids is 2. The Balaban J connectivity index is 1.53. The van der Waals surface area contributed by atoms with Crippen LogP contribution in [0.4, 0.5) is 0 Å². The molecule has 5 aromatic rings. The highest BCUT2D eigenvalue weighted by Gasteiger charge is 2.73. The number of aliphatic hydroxyl groups is 1. The molecule has 1 aromatic heterocycles. The average molecular weight is 716 g/mol. The predicted molar refractivity (Wildman–Crippen MR) is 191 cm³/mol. The van der Waals surface area contributed by atoms with Crippen LogP contribution in [-0.4, -0.2) is 65.5 Å². The van der Waals surface area contributed by atoms with Crippen molar-refractivity contribution in [2.75, 3.05) is 0 Å². The summed E-state index contributed by atoms with van der Waals surface area (Å²) >= 11 is 0. The Morgan fingerprint density at radius 3 is 1.66 bits per heavy atom. The number of ketones is 2. The minimum absolute atomic E-state index is 0.0543. The lowest BCUT2D eigenvalue weighted by atomic mass is 9.64. The van der Waals surface area contributed by atoms with Crippen LogP contribution in [0.15, 0.2) is 134 Å². The number of Topliss-reactive ketones (excluding diaryl/α,β-unsaturated/α-hetero) is 2. The first-order valence-electron chi connectivity index (χ1n) is 17.0. The Morgan fingerprint density at radius 2 is 1.21 bits per heavy atom. The molecule has 4 aromatic carbocycles. The van der Waals surface area contributed by atoms with Crippen LogP contribution in [0, 0.1) is 12.8 Å². The van der Waals surface area contributed by atoms with E-state index in [9.17, 15) is 34.5 Å². The first-order valence-corrected chi connectivity index (χ1v) is 17.0. The van der Waals surface area contributed by atoms with Gasteiger partial charge in [0.2, 0.25) is 11.6 Å². The van der Waals surface area contributed by atoms with Crippen LogP contribution in [0.25, 0.3) is 0 Å². The van der Waals surface area contributed by atoms with E-state index in [0.717, 1.165) is 18.0 Å². The molecule has 0 bridgehead atoms. The minimum atomic E-state index is -4.10. The van der Waals surface area contributed by atoms with Gasteiger partial charge in [-0.05, 0) is 43.2 Å². The fourth-order valence-electron chi connectivity index (χ4n) is 7.65. The normalized spacial score (nSPS) is 17.9. The highest BCUT2D eigenvalue weighted by molar-refractivity contribution is 6.28. The SMILES string of the molecule is Cc1nccn1[C@@H]1CC[C@H](C(C(=O)NO[C@@](C(=O)O)(C(=O)c2ccccc2)[C@](O)(C(=O)O)C(=O)c2ccccc2)(c2ccccc2)c2ccccc2)C1. The van der Waals surface area contributed by atoms with E-state index in [-0.39, 0.29) is 6.04 Å². The molecule has 1 heterocycles. The standard InChI is InChI=1S/C41H37N3O9/c1-27-42-24-25-44(27)33-23-22-32(26-33)39(30-18-10-4-11-19-30,31-20-12-5-13-21-31)36(47)43-53-41(38(50)51,35(46)29-16-8-3-9-17-29)40(52,37(48)49)34(45)28-14-6-2-7-15-28/h2-21,24-25,32-33,52H,22-23,26H2,1H3,(H,43,47)(H,48,49)(H,50,51)/t32-,33+,40+,41+/m0/s1. The molecular weight excluding hydrogens is 678 g/mol. The summed E-state index contributed by atoms with van der Waals surface area (Å²) in [5.74, 6) is -8.60. The van der Waals surface area contributed by atoms with E-state index in [1.165, 1.54) is 48.5 Å². The summed E-state index contributed by atoms with van der Waals surface area (Å²) in [6.07, 6.45) is 5.20. The number of hydrogen-bond donors (Lipinski definition) is 4. The van der Waals surface area contributed by atoms with Gasteiger partial charge in [0, 0.05) is 29.6 Å². The van der Waals surface area contributed by atoms with Crippen LogP contribution in [0.5, 0.6) is 0 Å². The number of aryl methyl sites for hydroxylation is 1. The molecule has 1 aliphatic rings. The lowest BCUT2D eigenvalue weighted by molar-refractivity contribution is -0.209. The quantitative estimate of drug-likeness (QED) is 0.0695. The fourth-order valence-corrected chi connectivity index (χ4v) is 7.65. The molecule has 12 heteroatoms. The Kier molecular flexibility index (Phi) is 10.2. The van der Waals surface area contributed by atoms with E-state index < -0.39 is 63.1 Å². The van der Waals surface area contributed by atoms with E-state index in [4.69, 9.17) is 4.84 Å². The zero-order chi connectivity index (χ0) is 37.8. The number of aliphatic carboxylic acids is 2. The molecule has 4 N–H and O–H groups in total. The molecule has 4 atom stereocenters. The Bertz CT molecular complexity index is 2080. The number of benzene rings is 4. The second-order valence-corrected chi connectivity index (χ2v) is 13.0. The van der Waals surface area contributed by atoms with Crippen LogP contribution in [0.3, 0.4) is 0 Å². The Hall–Kier alpha value is -6.24. The molecule has 1 amide bonds. The molecule has 1 saturated carbocycles. The molecule has 53 heavy (non-hydrogen) atoms. The summed E-state index contributed by atoms with van der Waals surface area (Å²) in [7, 11) is 0. The molecule has 1 fully saturated rings. The minimum Gasteiger partial charge on any atom is -0.479 e. The number of nitrogens with zero attached hydrogens (tertiary/aromatic N) is 2. The van der Waals surface area contributed by atoms with Crippen LogP contribution < -0.4 is 5.48 Å². The van der Waals surface area contributed by atoms with Gasteiger partial charge in [-0.2, -0.15) is 0 Å². The highest BCUT2D eigenvalue weighted by atomic mass is 16.7. The number of carbonyl (C=O) groups is 5. The van der Waals surface area contributed by atoms with Crippen molar-refractivity contribution in [3.63, 3.8) is 0 Å². The van der Waals surface area contributed by atoms with E-state index >= 15 is 4.79 Å². The van der Waals surface area contributed by atoms with E-state index in [0.29, 0.717) is 30.4 Å². The number of hydrogen-bond acceptors (Lipinski definition) is 8. The zero-order valence-electron chi connectivity index (χ0n) is 28.7. The second-order valence-electron chi connectivity index (χ2n) is 13.0. The topological polar surface area (TPSA) is 185 Å². The van der Waals surface area contributed by atoms with Gasteiger partial charge in [-0.3, -0.25) is 14.4 Å². The maximum Gasteiger partial charge on any atom is 0.351 e. The van der Waals surface area contributed by atoms with Gasteiger partial charge in [-0.15, -0.1) is 0 Å². The van der Waals surface area contributed by atoms with Gasteiger partial charge < -0.3 is 19.9 Å². The number of nitrogens with one attached hydrogen (secondary N) is 1. The molecule has 0 spiro atoms. The Morgan fingerprint density at radius 1 is 0.717 bits per heavy atom. The smallest absolute Gasteiger partial charge is 0.351 e. The van der Waals surface area contributed by atoms with Crippen molar-refractivity contribution in [3.8, 4) is 0 Å². The van der Waals surface area contributed by atoms with E-state index in [1.54, 1.807) is 66.9 Å². The molecule has 1 aliphatic carbocycles. The van der Waals surface area contributed by atoms with Crippen LogP contribution >= 0.6 is 0 Å². The summed E-state index contributed by atoms with van der Waals surface area (Å²) in [6, 6.07) is 30.7. The summed E-state index contributed by atoms with van der Waals surface area (Å²) < 4.78 is 2.03. The predicted octanol–water partition coefficient (Wildman–Crippen LogP) is 4.97. The molecule has 0 aliphatic heterocycles. The molecule has 0 unspecified atom stereocenters. The molecule has 6 rings (SSSR count). The third-order valence-electron chi connectivity index (χ3n) is 10.2. The van der Waals surface area contributed by atoms with Crippen molar-refractivity contribution in [1.29, 1.82) is 0 Å². The lowest BCUT2D eigenvalue weighted by Gasteiger charge is -2.41. The largest absolute Gasteiger partial charge is 0.479 e. The van der Waals surface area contributed by atoms with Gasteiger partial charge in [0.1, 0.15) is 11.2 Å².